The Kier molecular flexibility index (Phi) is 7.06. The molecular weight excluding hydrogens is 453 g/mol. The summed E-state index contributed by atoms with van der Waals surface area (Å²) in [5.74, 6) is 1.18. The van der Waals surface area contributed by atoms with E-state index in [1.165, 1.54) is 0 Å². The zero-order chi connectivity index (χ0) is 24.1. The first kappa shape index (κ1) is 23.6. The van der Waals surface area contributed by atoms with Crippen LogP contribution in [0.4, 0.5) is 13.2 Å². The maximum atomic E-state index is 12.6. The largest absolute Gasteiger partial charge is 0.469 e. The van der Waals surface area contributed by atoms with Crippen molar-refractivity contribution in [2.24, 2.45) is 0 Å². The highest BCUT2D eigenvalue weighted by atomic mass is 19.4. The lowest BCUT2D eigenvalue weighted by Gasteiger charge is -2.38. The maximum Gasteiger partial charge on any atom is 0.446 e. The number of nitrogens with one attached hydrogen (secondary N) is 2. The van der Waals surface area contributed by atoms with Crippen molar-refractivity contribution in [3.63, 3.8) is 0 Å². The third-order valence-corrected chi connectivity index (χ3v) is 5.51. The molecule has 5 rings (SSSR count). The van der Waals surface area contributed by atoms with Crippen LogP contribution in [-0.4, -0.2) is 75.5 Å². The summed E-state index contributed by atoms with van der Waals surface area (Å²) < 4.78 is 37.3. The molecule has 3 aromatic rings. The molecule has 0 radical (unpaired) electrons. The lowest BCUT2D eigenvalue weighted by Crippen LogP contribution is -2.56. The summed E-state index contributed by atoms with van der Waals surface area (Å²) in [7, 11) is 0. The summed E-state index contributed by atoms with van der Waals surface area (Å²) in [6.45, 7) is 2.99. The van der Waals surface area contributed by atoms with Crippen LogP contribution in [0.2, 0.25) is 0 Å². The minimum absolute atomic E-state index is 0.0691. The molecule has 9 nitrogen and oxygen atoms in total. The van der Waals surface area contributed by atoms with Crippen LogP contribution in [0.3, 0.4) is 0 Å². The number of imidazole rings is 1. The first-order chi connectivity index (χ1) is 16.3. The standard InChI is InChI=1S/C20H22N6O2.C2HF3O/c27-20(18-24-15-5-1-2-6-16(15)25-18)26-11-14(12-26)28-19-17(22-8-9-23-19)13-4-3-7-21-10-13;3-2(4,5)1-6/h1-2,5-6,8-9,13-14,21H,3-4,7,10-12H2,(H,24,25);1H. The van der Waals surface area contributed by atoms with E-state index in [9.17, 15) is 18.0 Å². The van der Waals surface area contributed by atoms with Crippen LogP contribution >= 0.6 is 0 Å². The van der Waals surface area contributed by atoms with Gasteiger partial charge in [0.15, 0.2) is 5.82 Å². The van der Waals surface area contributed by atoms with Gasteiger partial charge in [-0.3, -0.25) is 14.6 Å². The van der Waals surface area contributed by atoms with Crippen LogP contribution in [0, 0.1) is 0 Å². The van der Waals surface area contributed by atoms with Gasteiger partial charge < -0.3 is 19.9 Å². The topological polar surface area (TPSA) is 113 Å². The third kappa shape index (κ3) is 5.68. The molecule has 0 spiro atoms. The summed E-state index contributed by atoms with van der Waals surface area (Å²) in [5.41, 5.74) is 2.57. The quantitative estimate of drug-likeness (QED) is 0.556. The van der Waals surface area contributed by atoms with Crippen molar-refractivity contribution >= 4 is 23.2 Å². The van der Waals surface area contributed by atoms with Crippen molar-refractivity contribution in [2.45, 2.75) is 31.0 Å². The number of likely N-dealkylation sites (tertiary alicyclic amines) is 1. The zero-order valence-corrected chi connectivity index (χ0v) is 18.1. The van der Waals surface area contributed by atoms with E-state index in [-0.39, 0.29) is 12.0 Å². The SMILES string of the molecule is O=C(c1nc2ccccc2[nH]1)N1CC(Oc2nccnc2C2CCCNC2)C1.O=CC(F)(F)F. The number of ether oxygens (including phenoxy) is 1. The first-order valence-corrected chi connectivity index (χ1v) is 10.8. The fraction of sp³-hybridized carbons (Fsp3) is 0.409. The average Bonchev–Trinajstić information content (AvgIpc) is 3.26. The molecule has 2 saturated heterocycles. The van der Waals surface area contributed by atoms with Crippen molar-refractivity contribution in [3.05, 3.63) is 48.2 Å². The molecule has 180 valence electrons. The van der Waals surface area contributed by atoms with E-state index in [4.69, 9.17) is 9.53 Å². The van der Waals surface area contributed by atoms with Gasteiger partial charge in [-0.05, 0) is 31.5 Å². The third-order valence-electron chi connectivity index (χ3n) is 5.51. The molecule has 2 aromatic heterocycles. The van der Waals surface area contributed by atoms with Gasteiger partial charge >= 0.3 is 6.18 Å². The Hall–Kier alpha value is -3.54. The number of rotatable bonds is 4. The molecule has 4 heterocycles. The molecule has 34 heavy (non-hydrogen) atoms. The Morgan fingerprint density at radius 3 is 2.59 bits per heavy atom. The highest BCUT2D eigenvalue weighted by Crippen LogP contribution is 2.29. The van der Waals surface area contributed by atoms with Gasteiger partial charge in [0.1, 0.15) is 11.8 Å². The minimum Gasteiger partial charge on any atom is -0.469 e. The number of halogens is 3. The Balaban J connectivity index is 0.000000408. The molecule has 0 bridgehead atoms. The van der Waals surface area contributed by atoms with Crippen molar-refractivity contribution < 1.29 is 27.5 Å². The number of nitrogens with zero attached hydrogens (tertiary/aromatic N) is 4. The Bertz CT molecular complexity index is 1110. The maximum absolute atomic E-state index is 12.6. The van der Waals surface area contributed by atoms with Gasteiger partial charge in [-0.1, -0.05) is 12.1 Å². The molecule has 12 heteroatoms. The number of aromatic amines is 1. The van der Waals surface area contributed by atoms with E-state index in [2.05, 4.69) is 25.3 Å². The fourth-order valence-corrected chi connectivity index (χ4v) is 3.83. The van der Waals surface area contributed by atoms with Crippen LogP contribution in [0.25, 0.3) is 11.0 Å². The molecule has 2 aliphatic rings. The Morgan fingerprint density at radius 1 is 1.18 bits per heavy atom. The van der Waals surface area contributed by atoms with Crippen molar-refractivity contribution in [2.75, 3.05) is 26.2 Å². The van der Waals surface area contributed by atoms with Crippen molar-refractivity contribution in [1.82, 2.24) is 30.2 Å². The summed E-state index contributed by atoms with van der Waals surface area (Å²) in [4.78, 5) is 39.5. The lowest BCUT2D eigenvalue weighted by molar-refractivity contribution is -0.156. The molecule has 1 amide bonds. The van der Waals surface area contributed by atoms with Crippen molar-refractivity contribution in [3.8, 4) is 5.88 Å². The number of para-hydroxylation sites is 2. The molecule has 2 aliphatic heterocycles. The van der Waals surface area contributed by atoms with Gasteiger partial charge in [0.25, 0.3) is 5.91 Å². The second-order valence-electron chi connectivity index (χ2n) is 8.00. The van der Waals surface area contributed by atoms with E-state index in [0.717, 1.165) is 42.7 Å². The van der Waals surface area contributed by atoms with Crippen LogP contribution in [-0.2, 0) is 4.79 Å². The van der Waals surface area contributed by atoms with E-state index in [1.54, 1.807) is 17.3 Å². The number of amides is 1. The second-order valence-corrected chi connectivity index (χ2v) is 8.00. The molecule has 0 aliphatic carbocycles. The normalized spacial score (nSPS) is 18.6. The number of fused-ring (bicyclic) bond motifs is 1. The summed E-state index contributed by atoms with van der Waals surface area (Å²) >= 11 is 0. The van der Waals surface area contributed by atoms with E-state index < -0.39 is 12.5 Å². The fourth-order valence-electron chi connectivity index (χ4n) is 3.83. The highest BCUT2D eigenvalue weighted by Gasteiger charge is 2.35. The molecule has 2 N–H and O–H groups in total. The average molecular weight is 476 g/mol. The van der Waals surface area contributed by atoms with Crippen LogP contribution < -0.4 is 10.1 Å². The number of H-pyrrole nitrogens is 1. The van der Waals surface area contributed by atoms with Gasteiger partial charge in [0, 0.05) is 24.9 Å². The molecular formula is C22H23F3N6O3. The van der Waals surface area contributed by atoms with E-state index in [0.29, 0.717) is 30.7 Å². The number of aromatic nitrogens is 4. The summed E-state index contributed by atoms with van der Waals surface area (Å²) in [6.07, 6.45) is -0.180. The number of hydrogen-bond donors (Lipinski definition) is 2. The van der Waals surface area contributed by atoms with Crippen LogP contribution in [0.15, 0.2) is 36.7 Å². The number of hydrogen-bond acceptors (Lipinski definition) is 7. The molecule has 2 fully saturated rings. The Labute approximate surface area is 192 Å². The molecule has 0 saturated carbocycles. The number of carbonyl (C=O) groups excluding carboxylic acids is 2. The lowest BCUT2D eigenvalue weighted by atomic mass is 9.96. The number of carbonyl (C=O) groups is 2. The predicted molar refractivity (Wildman–Crippen MR) is 115 cm³/mol. The predicted octanol–water partition coefficient (Wildman–Crippen LogP) is 2.47. The van der Waals surface area contributed by atoms with Crippen LogP contribution in [0.1, 0.15) is 35.1 Å². The van der Waals surface area contributed by atoms with Gasteiger partial charge in [0.05, 0.1) is 24.1 Å². The van der Waals surface area contributed by atoms with E-state index >= 15 is 0 Å². The number of benzene rings is 1. The smallest absolute Gasteiger partial charge is 0.446 e. The van der Waals surface area contributed by atoms with Gasteiger partial charge in [-0.15, -0.1) is 0 Å². The zero-order valence-electron chi connectivity index (χ0n) is 18.1. The summed E-state index contributed by atoms with van der Waals surface area (Å²) in [6, 6.07) is 7.63. The number of aldehydes is 1. The van der Waals surface area contributed by atoms with Gasteiger partial charge in [-0.2, -0.15) is 13.2 Å². The van der Waals surface area contributed by atoms with Crippen molar-refractivity contribution in [1.29, 1.82) is 0 Å². The highest BCUT2D eigenvalue weighted by molar-refractivity contribution is 5.94. The minimum atomic E-state index is -4.64. The summed E-state index contributed by atoms with van der Waals surface area (Å²) in [5, 5.41) is 3.41. The van der Waals surface area contributed by atoms with Gasteiger partial charge in [0.2, 0.25) is 12.2 Å². The molecule has 1 unspecified atom stereocenters. The van der Waals surface area contributed by atoms with E-state index in [1.807, 2.05) is 24.3 Å². The second kappa shape index (κ2) is 10.2. The van der Waals surface area contributed by atoms with Gasteiger partial charge in [-0.25, -0.2) is 9.97 Å². The monoisotopic (exact) mass is 476 g/mol. The molecule has 1 atom stereocenters. The molecule has 1 aromatic carbocycles. The van der Waals surface area contributed by atoms with Crippen LogP contribution in [0.5, 0.6) is 5.88 Å². The number of alkyl halides is 3. The number of piperidine rings is 1. The first-order valence-electron chi connectivity index (χ1n) is 10.8. The Morgan fingerprint density at radius 2 is 1.91 bits per heavy atom.